The zero-order valence-corrected chi connectivity index (χ0v) is 16.6. The number of hydrogen-bond donors (Lipinski definition) is 7. The van der Waals surface area contributed by atoms with Crippen molar-refractivity contribution < 1.29 is 4.79 Å². The molecule has 30 heavy (non-hydrogen) atoms. The molecular formula is C19H24N10O. The molecule has 0 aliphatic carbocycles. The van der Waals surface area contributed by atoms with E-state index in [9.17, 15) is 4.79 Å². The zero-order chi connectivity index (χ0) is 22.3. The Hall–Kier alpha value is -4.41. The lowest BCUT2D eigenvalue weighted by Crippen LogP contribution is -2.37. The fraction of sp³-hybridized carbons (Fsp3) is 0.105. The largest absolute Gasteiger partial charge is 0.369 e. The molecular weight excluding hydrogens is 384 g/mol. The van der Waals surface area contributed by atoms with Crippen LogP contribution in [0, 0.1) is 10.8 Å². The number of nitrogens with two attached hydrogens (primary N) is 3. The van der Waals surface area contributed by atoms with Gasteiger partial charge in [0.2, 0.25) is 17.9 Å². The van der Waals surface area contributed by atoms with E-state index in [1.54, 1.807) is 48.2 Å². The van der Waals surface area contributed by atoms with Crippen LogP contribution in [0.15, 0.2) is 58.7 Å². The molecule has 0 aliphatic rings. The second-order valence-corrected chi connectivity index (χ2v) is 6.20. The molecule has 0 spiro atoms. The first-order chi connectivity index (χ1) is 14.2. The van der Waals surface area contributed by atoms with Crippen LogP contribution in [0.25, 0.3) is 0 Å². The zero-order valence-electron chi connectivity index (χ0n) is 16.6. The average molecular weight is 408 g/mol. The number of nitrogens with one attached hydrogen (secondary N) is 4. The van der Waals surface area contributed by atoms with E-state index in [4.69, 9.17) is 28.0 Å². The minimum Gasteiger partial charge on any atom is -0.369 e. The fourth-order valence-electron chi connectivity index (χ4n) is 2.49. The van der Waals surface area contributed by atoms with E-state index < -0.39 is 0 Å². The van der Waals surface area contributed by atoms with E-state index in [-0.39, 0.29) is 23.7 Å². The van der Waals surface area contributed by atoms with Crippen LogP contribution in [0.4, 0.5) is 11.4 Å². The SMILES string of the molecule is CC(=O)c1ccc(N(C(N)=NNC(=N)N)c2ccc(C(C)=NNC(=N)N)cc2)cc1. The Morgan fingerprint density at radius 1 is 0.800 bits per heavy atom. The number of rotatable bonds is 6. The Bertz CT molecular complexity index is 993. The molecule has 0 heterocycles. The van der Waals surface area contributed by atoms with Gasteiger partial charge in [-0.15, -0.1) is 5.10 Å². The maximum Gasteiger partial charge on any atom is 0.223 e. The van der Waals surface area contributed by atoms with Gasteiger partial charge < -0.3 is 17.2 Å². The Balaban J connectivity index is 2.42. The molecule has 11 nitrogen and oxygen atoms in total. The first-order valence-corrected chi connectivity index (χ1v) is 8.78. The highest BCUT2D eigenvalue weighted by molar-refractivity contribution is 6.04. The number of anilines is 2. The monoisotopic (exact) mass is 408 g/mol. The molecule has 0 aliphatic heterocycles. The standard InChI is InChI=1S/C19H24N10O/c1-11(25-26-17(20)21)13-3-7-15(8-4-13)29(19(24)28-27-18(22)23)16-9-5-14(6-10-16)12(2)30/h3-10H,1-2H3,(H2,24,28)(H4,20,21,26)(H4,22,23,27). The summed E-state index contributed by atoms with van der Waals surface area (Å²) in [7, 11) is 0. The molecule has 2 aromatic carbocycles. The summed E-state index contributed by atoms with van der Waals surface area (Å²) in [6, 6.07) is 14.1. The second kappa shape index (κ2) is 9.68. The Kier molecular flexibility index (Phi) is 7.06. The van der Waals surface area contributed by atoms with Crippen molar-refractivity contribution in [3.05, 3.63) is 59.7 Å². The minimum atomic E-state index is -0.356. The highest BCUT2D eigenvalue weighted by atomic mass is 16.1. The molecule has 2 rings (SSSR count). The number of carbonyl (C=O) groups excluding carboxylic acids is 1. The summed E-state index contributed by atoms with van der Waals surface area (Å²) >= 11 is 0. The van der Waals surface area contributed by atoms with E-state index in [1.165, 1.54) is 6.92 Å². The maximum absolute atomic E-state index is 11.6. The van der Waals surface area contributed by atoms with Gasteiger partial charge in [0.05, 0.1) is 5.71 Å². The van der Waals surface area contributed by atoms with Crippen molar-refractivity contribution in [2.24, 2.45) is 27.4 Å². The van der Waals surface area contributed by atoms with E-state index in [0.717, 1.165) is 5.56 Å². The number of guanidine groups is 3. The van der Waals surface area contributed by atoms with E-state index in [0.29, 0.717) is 22.6 Å². The molecule has 0 saturated heterocycles. The van der Waals surface area contributed by atoms with Gasteiger partial charge in [0.25, 0.3) is 0 Å². The third-order valence-corrected chi connectivity index (χ3v) is 3.94. The summed E-state index contributed by atoms with van der Waals surface area (Å²) in [5.41, 5.74) is 24.7. The normalized spacial score (nSPS) is 11.5. The minimum absolute atomic E-state index is 0.0390. The topological polar surface area (TPSA) is 195 Å². The molecule has 0 unspecified atom stereocenters. The van der Waals surface area contributed by atoms with E-state index >= 15 is 0 Å². The molecule has 0 fully saturated rings. The van der Waals surface area contributed by atoms with Crippen molar-refractivity contribution >= 4 is 40.7 Å². The summed E-state index contributed by atoms with van der Waals surface area (Å²) in [6.07, 6.45) is 0. The predicted octanol–water partition coefficient (Wildman–Crippen LogP) is 0.947. The number of benzene rings is 2. The summed E-state index contributed by atoms with van der Waals surface area (Å²) in [5.74, 6) is -0.624. The Morgan fingerprint density at radius 2 is 1.23 bits per heavy atom. The van der Waals surface area contributed by atoms with Crippen LogP contribution in [0.2, 0.25) is 0 Å². The van der Waals surface area contributed by atoms with Crippen LogP contribution in [-0.4, -0.2) is 29.4 Å². The lowest BCUT2D eigenvalue weighted by atomic mass is 10.1. The van der Waals surface area contributed by atoms with Gasteiger partial charge in [-0.25, -0.2) is 10.9 Å². The number of hydrogen-bond acceptors (Lipinski definition) is 5. The predicted molar refractivity (Wildman–Crippen MR) is 119 cm³/mol. The molecule has 0 aromatic heterocycles. The summed E-state index contributed by atoms with van der Waals surface area (Å²) in [5, 5.41) is 22.4. The lowest BCUT2D eigenvalue weighted by Gasteiger charge is -2.24. The van der Waals surface area contributed by atoms with Gasteiger partial charge in [-0.05, 0) is 55.8 Å². The van der Waals surface area contributed by atoms with Gasteiger partial charge in [-0.2, -0.15) is 5.10 Å². The van der Waals surface area contributed by atoms with Crippen LogP contribution >= 0.6 is 0 Å². The summed E-state index contributed by atoms with van der Waals surface area (Å²) in [6.45, 7) is 3.26. The van der Waals surface area contributed by atoms with Crippen LogP contribution in [0.3, 0.4) is 0 Å². The molecule has 0 saturated carbocycles. The molecule has 11 heteroatoms. The number of nitrogens with zero attached hydrogens (tertiary/aromatic N) is 3. The molecule has 2 aromatic rings. The van der Waals surface area contributed by atoms with Gasteiger partial charge in [0, 0.05) is 16.9 Å². The molecule has 0 bridgehead atoms. The van der Waals surface area contributed by atoms with E-state index in [2.05, 4.69) is 21.1 Å². The van der Waals surface area contributed by atoms with Crippen LogP contribution < -0.4 is 33.0 Å². The quantitative estimate of drug-likeness (QED) is 0.160. The van der Waals surface area contributed by atoms with Crippen molar-refractivity contribution in [2.75, 3.05) is 4.90 Å². The lowest BCUT2D eigenvalue weighted by molar-refractivity contribution is 0.101. The van der Waals surface area contributed by atoms with E-state index in [1.807, 2.05) is 12.1 Å². The number of ketones is 1. The smallest absolute Gasteiger partial charge is 0.223 e. The Morgan fingerprint density at radius 3 is 1.67 bits per heavy atom. The maximum atomic E-state index is 11.6. The van der Waals surface area contributed by atoms with Gasteiger partial charge in [0.1, 0.15) is 0 Å². The molecule has 156 valence electrons. The second-order valence-electron chi connectivity index (χ2n) is 6.20. The molecule has 10 N–H and O–H groups in total. The van der Waals surface area contributed by atoms with Crippen molar-refractivity contribution in [1.82, 2.24) is 10.9 Å². The number of hydrazone groups is 2. The molecule has 0 atom stereocenters. The van der Waals surface area contributed by atoms with Gasteiger partial charge in [0.15, 0.2) is 5.78 Å². The summed E-state index contributed by atoms with van der Waals surface area (Å²) < 4.78 is 0. The number of carbonyl (C=O) groups is 1. The highest BCUT2D eigenvalue weighted by Crippen LogP contribution is 2.26. The van der Waals surface area contributed by atoms with Gasteiger partial charge in [-0.1, -0.05) is 12.1 Å². The highest BCUT2D eigenvalue weighted by Gasteiger charge is 2.15. The summed E-state index contributed by atoms with van der Waals surface area (Å²) in [4.78, 5) is 13.2. The van der Waals surface area contributed by atoms with Crippen LogP contribution in [0.5, 0.6) is 0 Å². The fourth-order valence-corrected chi connectivity index (χ4v) is 2.49. The molecule has 0 radical (unpaired) electrons. The van der Waals surface area contributed by atoms with Crippen LogP contribution in [0.1, 0.15) is 29.8 Å². The van der Waals surface area contributed by atoms with Gasteiger partial charge >= 0.3 is 0 Å². The van der Waals surface area contributed by atoms with Gasteiger partial charge in [-0.3, -0.25) is 20.5 Å². The first kappa shape index (κ1) is 21.9. The third-order valence-electron chi connectivity index (χ3n) is 3.94. The first-order valence-electron chi connectivity index (χ1n) is 8.78. The molecule has 0 amide bonds. The van der Waals surface area contributed by atoms with Crippen molar-refractivity contribution in [3.8, 4) is 0 Å². The van der Waals surface area contributed by atoms with Crippen molar-refractivity contribution in [3.63, 3.8) is 0 Å². The Labute approximate surface area is 173 Å². The third kappa shape index (κ3) is 5.79. The van der Waals surface area contributed by atoms with Crippen LogP contribution in [-0.2, 0) is 0 Å². The van der Waals surface area contributed by atoms with Crippen molar-refractivity contribution in [2.45, 2.75) is 13.8 Å². The number of Topliss-reactive ketones (excluding diaryl/α,β-unsaturated/α-hetero) is 1. The average Bonchev–Trinajstić information content (AvgIpc) is 2.71. The van der Waals surface area contributed by atoms with Crippen molar-refractivity contribution in [1.29, 1.82) is 10.8 Å².